The van der Waals surface area contributed by atoms with E-state index in [2.05, 4.69) is 0 Å². The summed E-state index contributed by atoms with van der Waals surface area (Å²) in [5.74, 6) is 0. The first-order chi connectivity index (χ1) is 0. The van der Waals surface area contributed by atoms with Crippen LogP contribution in [0.1, 0.15) is 2.85 Å². The van der Waals surface area contributed by atoms with Gasteiger partial charge in [0.25, 0.3) is 0 Å². The topological polar surface area (TPSA) is 0 Å². The van der Waals surface area contributed by atoms with E-state index >= 15 is 0 Å². The Balaban J connectivity index is 0. The van der Waals surface area contributed by atoms with Gasteiger partial charge in [0, 0.05) is 52.0 Å². The van der Waals surface area contributed by atoms with E-state index in [1.54, 1.807) is 0 Å². The molecule has 0 aliphatic rings. The fraction of sp³-hybridized carbons (Fsp3) is 0. The van der Waals surface area contributed by atoms with E-state index in [1.807, 2.05) is 0 Å². The summed E-state index contributed by atoms with van der Waals surface area (Å²) >= 11 is 0. The van der Waals surface area contributed by atoms with Gasteiger partial charge in [0.05, 0.1) is 0 Å². The summed E-state index contributed by atoms with van der Waals surface area (Å²) in [4.78, 5) is 0. The first-order valence-corrected chi connectivity index (χ1v) is 0. The predicted molar refractivity (Wildman–Crippen MR) is 17.9 cm³/mol. The molecule has 0 nitrogen and oxygen atoms in total. The van der Waals surface area contributed by atoms with E-state index in [1.165, 1.54) is 0 Å². The number of rotatable bonds is 0. The standard InChI is InChI=1S/Al.Mg.Sc.Zr.5H/q;+2;;;;;;2*-1. The molecule has 0 fully saturated rings. The van der Waals surface area contributed by atoms with E-state index in [0.717, 1.165) is 0 Å². The summed E-state index contributed by atoms with van der Waals surface area (Å²) in [6.07, 6.45) is 0. The molecule has 0 atom stereocenters. The van der Waals surface area contributed by atoms with Crippen molar-refractivity contribution in [1.29, 1.82) is 0 Å². The molecular formula is H5AlMgScZr. The van der Waals surface area contributed by atoms with E-state index in [-0.39, 0.29) is 95.3 Å². The molecule has 0 spiro atoms. The number of hydrogen-bond acceptors (Lipinski definition) is 0. The van der Waals surface area contributed by atoms with Gasteiger partial charge in [0.15, 0.2) is 17.4 Å². The third kappa shape index (κ3) is 8.90. The molecule has 1 radical (unpaired) electrons. The molecule has 0 saturated heterocycles. The first kappa shape index (κ1) is 27.7. The molecule has 4 heavy (non-hydrogen) atoms. The summed E-state index contributed by atoms with van der Waals surface area (Å²) in [5.41, 5.74) is 0. The Bertz CT molecular complexity index is 13.5. The zero-order valence-electron chi connectivity index (χ0n) is 3.78. The van der Waals surface area contributed by atoms with Crippen LogP contribution in [-0.2, 0) is 52.0 Å². The van der Waals surface area contributed by atoms with Gasteiger partial charge >= 0.3 is 23.1 Å². The van der Waals surface area contributed by atoms with Crippen LogP contribution in [0.2, 0.25) is 0 Å². The largest absolute Gasteiger partial charge is 2.00 e. The Kier molecular flexibility index (Phi) is 115. The third-order valence-electron chi connectivity index (χ3n) is 0. The van der Waals surface area contributed by atoms with Gasteiger partial charge in [-0.25, -0.2) is 0 Å². The maximum Gasteiger partial charge on any atom is 2.00 e. The van der Waals surface area contributed by atoms with Crippen LogP contribution in [0.3, 0.4) is 0 Å². The molecule has 0 aromatic heterocycles. The second-order valence-electron chi connectivity index (χ2n) is 0. The fourth-order valence-corrected chi connectivity index (χ4v) is 0. The Hall–Kier alpha value is 3.05. The summed E-state index contributed by atoms with van der Waals surface area (Å²) < 4.78 is 0. The SMILES string of the molecule is [AlH3].[H-].[H-].[Mg+2].[Sc].[Zr]. The molecule has 0 heterocycles. The zero-order valence-corrected chi connectivity index (χ0v) is 7.46. The smallest absolute Gasteiger partial charge is 1.00 e. The molecule has 4 heteroatoms. The van der Waals surface area contributed by atoms with Crippen molar-refractivity contribution in [3.8, 4) is 0 Å². The molecule has 0 saturated carbocycles. The molecule has 0 aromatic rings. The van der Waals surface area contributed by atoms with E-state index in [9.17, 15) is 0 Å². The molecule has 0 aliphatic heterocycles. The Labute approximate surface area is 93.6 Å². The summed E-state index contributed by atoms with van der Waals surface area (Å²) in [5, 5.41) is 0. The third-order valence-corrected chi connectivity index (χ3v) is 0. The maximum atomic E-state index is 0. The van der Waals surface area contributed by atoms with Gasteiger partial charge < -0.3 is 2.85 Å². The zero-order chi connectivity index (χ0) is 0. The van der Waals surface area contributed by atoms with Crippen LogP contribution in [0.25, 0.3) is 0 Å². The van der Waals surface area contributed by atoms with Crippen molar-refractivity contribution < 1.29 is 54.9 Å². The minimum Gasteiger partial charge on any atom is -1.00 e. The van der Waals surface area contributed by atoms with Crippen LogP contribution >= 0.6 is 0 Å². The van der Waals surface area contributed by atoms with E-state index in [4.69, 9.17) is 0 Å². The average molecular weight is 193 g/mol. The Morgan fingerprint density at radius 3 is 1.25 bits per heavy atom. The van der Waals surface area contributed by atoms with Crippen LogP contribution in [0.4, 0.5) is 0 Å². The quantitative estimate of drug-likeness (QED) is 0.417. The van der Waals surface area contributed by atoms with Crippen LogP contribution in [0, 0.1) is 0 Å². The molecule has 0 amide bonds. The van der Waals surface area contributed by atoms with Gasteiger partial charge in [0.2, 0.25) is 0 Å². The van der Waals surface area contributed by atoms with Crippen LogP contribution < -0.4 is 0 Å². The summed E-state index contributed by atoms with van der Waals surface area (Å²) in [7, 11) is 0. The molecule has 0 rings (SSSR count). The molecule has 0 unspecified atom stereocenters. The molecule has 17 valence electrons. The van der Waals surface area contributed by atoms with Gasteiger partial charge in [-0.05, 0) is 0 Å². The average Bonchev–Trinajstić information content (AvgIpc) is 0. The monoisotopic (exact) mass is 191 g/mol. The van der Waals surface area contributed by atoms with Crippen molar-refractivity contribution in [3.05, 3.63) is 0 Å². The van der Waals surface area contributed by atoms with Crippen molar-refractivity contribution in [1.82, 2.24) is 0 Å². The molecule has 0 aliphatic carbocycles. The molecule has 0 N–H and O–H groups in total. The van der Waals surface area contributed by atoms with Gasteiger partial charge in [-0.2, -0.15) is 0 Å². The molecular weight excluding hydrogens is 187 g/mol. The van der Waals surface area contributed by atoms with E-state index in [0.29, 0.717) is 0 Å². The van der Waals surface area contributed by atoms with Crippen LogP contribution in [0.5, 0.6) is 0 Å². The summed E-state index contributed by atoms with van der Waals surface area (Å²) in [6.45, 7) is 0. The Morgan fingerprint density at radius 2 is 1.25 bits per heavy atom. The van der Waals surface area contributed by atoms with Crippen LogP contribution in [0.15, 0.2) is 0 Å². The van der Waals surface area contributed by atoms with Crippen molar-refractivity contribution in [2.75, 3.05) is 0 Å². The predicted octanol–water partition coefficient (Wildman–Crippen LogP) is -1.34. The first-order valence-electron chi connectivity index (χ1n) is 0. The number of hydrogen-bond donors (Lipinski definition) is 0. The minimum atomic E-state index is 0. The fourth-order valence-electron chi connectivity index (χ4n) is 0. The van der Waals surface area contributed by atoms with Gasteiger partial charge in [0.1, 0.15) is 0 Å². The minimum absolute atomic E-state index is 0. The van der Waals surface area contributed by atoms with E-state index < -0.39 is 0 Å². The van der Waals surface area contributed by atoms with Gasteiger partial charge in [-0.3, -0.25) is 0 Å². The van der Waals surface area contributed by atoms with Crippen LogP contribution in [-0.4, -0.2) is 40.4 Å². The van der Waals surface area contributed by atoms with Crippen molar-refractivity contribution in [2.45, 2.75) is 0 Å². The maximum absolute atomic E-state index is 0. The molecule has 0 aromatic carbocycles. The second-order valence-corrected chi connectivity index (χ2v) is 0. The van der Waals surface area contributed by atoms with Crippen molar-refractivity contribution >= 4 is 40.4 Å². The van der Waals surface area contributed by atoms with Crippen molar-refractivity contribution in [3.63, 3.8) is 0 Å². The Morgan fingerprint density at radius 1 is 1.25 bits per heavy atom. The summed E-state index contributed by atoms with van der Waals surface area (Å²) in [6, 6.07) is 0. The second kappa shape index (κ2) is 16.6. The van der Waals surface area contributed by atoms with Crippen molar-refractivity contribution in [2.24, 2.45) is 0 Å². The van der Waals surface area contributed by atoms with Gasteiger partial charge in [-0.15, -0.1) is 0 Å². The van der Waals surface area contributed by atoms with Gasteiger partial charge in [-0.1, -0.05) is 0 Å². The molecule has 0 bridgehead atoms. The normalized spacial score (nSPS) is 0.